The molecule has 0 unspecified atom stereocenters. The van der Waals surface area contributed by atoms with Gasteiger partial charge in [-0.2, -0.15) is 0 Å². The molecule has 1 atom stereocenters. The van der Waals surface area contributed by atoms with Crippen molar-refractivity contribution in [1.82, 2.24) is 15.2 Å². The molecule has 5 nitrogen and oxygen atoms in total. The molecule has 2 heterocycles. The van der Waals surface area contributed by atoms with Gasteiger partial charge < -0.3 is 10.1 Å². The third-order valence-electron chi connectivity index (χ3n) is 3.85. The molecule has 0 bridgehead atoms. The summed E-state index contributed by atoms with van der Waals surface area (Å²) in [5, 5.41) is 4.03. The van der Waals surface area contributed by atoms with Crippen molar-refractivity contribution in [2.75, 3.05) is 32.8 Å². The Labute approximate surface area is 143 Å². The van der Waals surface area contributed by atoms with Crippen molar-refractivity contribution >= 4 is 17.2 Å². The van der Waals surface area contributed by atoms with Crippen molar-refractivity contribution in [3.8, 4) is 0 Å². The van der Waals surface area contributed by atoms with Crippen LogP contribution in [0.3, 0.4) is 0 Å². The molecule has 0 spiro atoms. The summed E-state index contributed by atoms with van der Waals surface area (Å²) in [5.41, 5.74) is 0.821. The average molecular weight is 340 g/mol. The van der Waals surface area contributed by atoms with Gasteiger partial charge in [0.1, 0.15) is 4.88 Å². The number of hydrogen-bond acceptors (Lipinski definition) is 5. The number of amides is 1. The lowest BCUT2D eigenvalue weighted by molar-refractivity contribution is -0.0295. The molecule has 0 radical (unpaired) electrons. The lowest BCUT2D eigenvalue weighted by atomic mass is 10.2. The first-order valence-electron chi connectivity index (χ1n) is 8.46. The largest absolute Gasteiger partial charge is 0.374 e. The minimum Gasteiger partial charge on any atom is -0.374 e. The van der Waals surface area contributed by atoms with E-state index in [0.29, 0.717) is 18.4 Å². The Kier molecular flexibility index (Phi) is 6.56. The summed E-state index contributed by atoms with van der Waals surface area (Å²) in [6.45, 7) is 14.8. The van der Waals surface area contributed by atoms with Gasteiger partial charge in [-0.05, 0) is 12.8 Å². The van der Waals surface area contributed by atoms with Gasteiger partial charge in [-0.25, -0.2) is 4.98 Å². The smallest absolute Gasteiger partial charge is 0.263 e. The molecule has 1 N–H and O–H groups in total. The van der Waals surface area contributed by atoms with Crippen molar-refractivity contribution < 1.29 is 9.53 Å². The monoisotopic (exact) mass is 339 g/mol. The van der Waals surface area contributed by atoms with Crippen LogP contribution in [0.1, 0.15) is 54.0 Å². The molecule has 1 amide bonds. The summed E-state index contributed by atoms with van der Waals surface area (Å²) in [6, 6.07) is 0. The molecule has 23 heavy (non-hydrogen) atoms. The molecule has 0 aliphatic carbocycles. The lowest BCUT2D eigenvalue weighted by Gasteiger charge is -2.33. The first-order chi connectivity index (χ1) is 10.9. The number of nitrogens with zero attached hydrogens (tertiary/aromatic N) is 2. The molecule has 0 saturated carbocycles. The van der Waals surface area contributed by atoms with Crippen molar-refractivity contribution in [3.63, 3.8) is 0 Å². The minimum atomic E-state index is -0.0310. The molecule has 1 saturated heterocycles. The van der Waals surface area contributed by atoms with E-state index in [4.69, 9.17) is 4.74 Å². The summed E-state index contributed by atoms with van der Waals surface area (Å²) >= 11 is 1.50. The van der Waals surface area contributed by atoms with Crippen molar-refractivity contribution in [2.24, 2.45) is 5.92 Å². The molecule has 1 fully saturated rings. The second kappa shape index (κ2) is 8.22. The third-order valence-corrected chi connectivity index (χ3v) is 5.31. The van der Waals surface area contributed by atoms with Gasteiger partial charge in [-0.3, -0.25) is 9.69 Å². The van der Waals surface area contributed by atoms with Crippen LogP contribution in [-0.2, 0) is 4.74 Å². The number of aromatic nitrogens is 1. The second-order valence-electron chi connectivity index (χ2n) is 6.98. The Balaban J connectivity index is 1.86. The summed E-state index contributed by atoms with van der Waals surface area (Å²) in [6.07, 6.45) is 0.0734. The number of nitrogens with one attached hydrogen (secondary N) is 1. The van der Waals surface area contributed by atoms with E-state index >= 15 is 0 Å². The van der Waals surface area contributed by atoms with Gasteiger partial charge >= 0.3 is 0 Å². The number of morpholine rings is 1. The highest BCUT2D eigenvalue weighted by Crippen LogP contribution is 2.24. The molecule has 6 heteroatoms. The maximum Gasteiger partial charge on any atom is 0.263 e. The zero-order valence-electron chi connectivity index (χ0n) is 14.9. The topological polar surface area (TPSA) is 54.5 Å². The minimum absolute atomic E-state index is 0.0310. The van der Waals surface area contributed by atoms with Crippen molar-refractivity contribution in [1.29, 1.82) is 0 Å². The highest BCUT2D eigenvalue weighted by atomic mass is 32.1. The zero-order valence-corrected chi connectivity index (χ0v) is 15.7. The standard InChI is InChI=1S/C17H29N3O2S/c1-11(2)9-20-6-7-22-14(10-20)8-18-16(21)15-13(5)19-17(23-15)12(3)4/h11-12,14H,6-10H2,1-5H3,(H,18,21)/t14-/m1/s1. The Morgan fingerprint density at radius 1 is 1.43 bits per heavy atom. The van der Waals surface area contributed by atoms with E-state index in [1.54, 1.807) is 0 Å². The number of carbonyl (C=O) groups is 1. The molecule has 2 rings (SSSR count). The van der Waals surface area contributed by atoms with Crippen LogP contribution in [0.25, 0.3) is 0 Å². The van der Waals surface area contributed by atoms with Crippen LogP contribution in [0.2, 0.25) is 0 Å². The Morgan fingerprint density at radius 3 is 2.78 bits per heavy atom. The second-order valence-corrected chi connectivity index (χ2v) is 8.01. The number of rotatable bonds is 6. The van der Waals surface area contributed by atoms with Crippen LogP contribution in [0, 0.1) is 12.8 Å². The van der Waals surface area contributed by atoms with Crippen LogP contribution in [0.15, 0.2) is 0 Å². The van der Waals surface area contributed by atoms with Gasteiger partial charge in [0, 0.05) is 32.1 Å². The molecule has 0 aromatic carbocycles. The molecular formula is C17H29N3O2S. The molecule has 130 valence electrons. The quantitative estimate of drug-likeness (QED) is 0.866. The highest BCUT2D eigenvalue weighted by molar-refractivity contribution is 7.13. The van der Waals surface area contributed by atoms with E-state index < -0.39 is 0 Å². The predicted molar refractivity (Wildman–Crippen MR) is 94.3 cm³/mol. The van der Waals surface area contributed by atoms with Gasteiger partial charge in [-0.15, -0.1) is 11.3 Å². The molecule has 1 aliphatic rings. The Hall–Kier alpha value is -0.980. The van der Waals surface area contributed by atoms with E-state index in [0.717, 1.165) is 41.8 Å². The number of hydrogen-bond donors (Lipinski definition) is 1. The molecule has 1 aromatic heterocycles. The van der Waals surface area contributed by atoms with Crippen LogP contribution in [0.5, 0.6) is 0 Å². The highest BCUT2D eigenvalue weighted by Gasteiger charge is 2.23. The zero-order chi connectivity index (χ0) is 17.0. The fraction of sp³-hybridized carbons (Fsp3) is 0.765. The van der Waals surface area contributed by atoms with E-state index in [-0.39, 0.29) is 12.0 Å². The normalized spacial score (nSPS) is 19.5. The number of aryl methyl sites for hydroxylation is 1. The Bertz CT molecular complexity index is 528. The summed E-state index contributed by atoms with van der Waals surface area (Å²) in [7, 11) is 0. The fourth-order valence-electron chi connectivity index (χ4n) is 2.75. The van der Waals surface area contributed by atoms with Gasteiger partial charge in [0.2, 0.25) is 0 Å². The van der Waals surface area contributed by atoms with E-state index in [1.807, 2.05) is 6.92 Å². The summed E-state index contributed by atoms with van der Waals surface area (Å²) in [5.74, 6) is 0.973. The first kappa shape index (κ1) is 18.4. The Morgan fingerprint density at radius 2 is 2.17 bits per heavy atom. The van der Waals surface area contributed by atoms with Crippen molar-refractivity contribution in [3.05, 3.63) is 15.6 Å². The fourth-order valence-corrected chi connectivity index (χ4v) is 3.73. The third kappa shape index (κ3) is 5.26. The van der Waals surface area contributed by atoms with E-state index in [9.17, 15) is 4.79 Å². The first-order valence-corrected chi connectivity index (χ1v) is 9.28. The lowest BCUT2D eigenvalue weighted by Crippen LogP contribution is -2.48. The van der Waals surface area contributed by atoms with Crippen LogP contribution < -0.4 is 5.32 Å². The number of carbonyl (C=O) groups excluding carboxylic acids is 1. The van der Waals surface area contributed by atoms with Crippen molar-refractivity contribution in [2.45, 2.75) is 46.6 Å². The van der Waals surface area contributed by atoms with Crippen LogP contribution in [0.4, 0.5) is 0 Å². The van der Waals surface area contributed by atoms with Gasteiger partial charge in [-0.1, -0.05) is 27.7 Å². The average Bonchev–Trinajstić information content (AvgIpc) is 2.87. The van der Waals surface area contributed by atoms with Gasteiger partial charge in [0.15, 0.2) is 0 Å². The van der Waals surface area contributed by atoms with E-state index in [2.05, 4.69) is 42.9 Å². The predicted octanol–water partition coefficient (Wildman–Crippen LogP) is 2.66. The maximum atomic E-state index is 12.4. The van der Waals surface area contributed by atoms with Crippen LogP contribution in [-0.4, -0.2) is 54.7 Å². The number of thiazole rings is 1. The van der Waals surface area contributed by atoms with Gasteiger partial charge in [0.05, 0.1) is 23.4 Å². The molecular weight excluding hydrogens is 310 g/mol. The SMILES string of the molecule is Cc1nc(C(C)C)sc1C(=O)NC[C@@H]1CN(CC(C)C)CCO1. The maximum absolute atomic E-state index is 12.4. The van der Waals surface area contributed by atoms with E-state index in [1.165, 1.54) is 11.3 Å². The van der Waals surface area contributed by atoms with Gasteiger partial charge in [0.25, 0.3) is 5.91 Å². The molecule has 1 aliphatic heterocycles. The summed E-state index contributed by atoms with van der Waals surface area (Å²) < 4.78 is 5.78. The number of ether oxygens (including phenoxy) is 1. The van der Waals surface area contributed by atoms with Crippen LogP contribution >= 0.6 is 11.3 Å². The summed E-state index contributed by atoms with van der Waals surface area (Å²) in [4.78, 5) is 20.0. The molecule has 1 aromatic rings.